The minimum absolute atomic E-state index is 0. The van der Waals surface area contributed by atoms with E-state index in [1.807, 2.05) is 17.1 Å². The Balaban J connectivity index is 0. The largest absolute Gasteiger partial charge is 1.00 e. The zero-order valence-corrected chi connectivity index (χ0v) is 16.7. The molecule has 128 valence electrons. The van der Waals surface area contributed by atoms with Gasteiger partial charge in [0.2, 0.25) is 0 Å². The molecule has 0 saturated carbocycles. The van der Waals surface area contributed by atoms with E-state index in [-0.39, 0.29) is 41.9 Å². The van der Waals surface area contributed by atoms with Crippen molar-refractivity contribution in [3.63, 3.8) is 0 Å². The molecule has 0 spiro atoms. The quantitative estimate of drug-likeness (QED) is 0.134. The second-order valence-corrected chi connectivity index (χ2v) is 5.39. The van der Waals surface area contributed by atoms with Crippen LogP contribution in [0.1, 0.15) is 46.0 Å². The summed E-state index contributed by atoms with van der Waals surface area (Å²) in [5.74, 6) is -1.04. The number of rotatable bonds is 13. The molecule has 0 aliphatic rings. The molecule has 0 amide bonds. The van der Waals surface area contributed by atoms with E-state index >= 15 is 0 Å². The second-order valence-electron chi connectivity index (χ2n) is 5.39. The van der Waals surface area contributed by atoms with Crippen LogP contribution in [0.25, 0.3) is 0 Å². The summed E-state index contributed by atoms with van der Waals surface area (Å²) in [5.41, 5.74) is 0. The van der Waals surface area contributed by atoms with Crippen LogP contribution >= 0.6 is 0 Å². The van der Waals surface area contributed by atoms with Gasteiger partial charge in [0, 0.05) is 19.6 Å². The maximum Gasteiger partial charge on any atom is 1.00 e. The zero-order valence-electron chi connectivity index (χ0n) is 14.7. The van der Waals surface area contributed by atoms with Gasteiger partial charge < -0.3 is 20.3 Å². The first-order valence-corrected chi connectivity index (χ1v) is 7.93. The average molecular weight is 336 g/mol. The Bertz CT molecular complexity index is 360. The van der Waals surface area contributed by atoms with Crippen molar-refractivity contribution in [2.45, 2.75) is 52.1 Å². The summed E-state index contributed by atoms with van der Waals surface area (Å²) in [6.07, 6.45) is 6.89. The summed E-state index contributed by atoms with van der Waals surface area (Å²) in [4.78, 5) is 16.4. The first-order valence-electron chi connectivity index (χ1n) is 7.93. The van der Waals surface area contributed by atoms with Crippen molar-refractivity contribution < 1.29 is 49.7 Å². The Kier molecular flexibility index (Phi) is 17.8. The monoisotopic (exact) mass is 336 g/mol. The molecule has 0 fully saturated rings. The number of hydrogen-bond donors (Lipinski definition) is 2. The number of unbranched alkanes of at least 4 members (excludes halogenated alkanes) is 2. The number of aliphatic carboxylic acids is 1. The molecule has 1 unspecified atom stereocenters. The molecule has 2 N–H and O–H groups in total. The number of carboxylic acids is 1. The van der Waals surface area contributed by atoms with Crippen LogP contribution in [-0.4, -0.2) is 59.3 Å². The van der Waals surface area contributed by atoms with Gasteiger partial charge in [0.15, 0.2) is 0 Å². The summed E-state index contributed by atoms with van der Waals surface area (Å²) in [6.45, 7) is 5.31. The number of aliphatic imine (C=N–C) groups is 1. The molecule has 0 aliphatic heterocycles. The van der Waals surface area contributed by atoms with Gasteiger partial charge >= 0.3 is 35.5 Å². The number of carbonyl (C=O) groups is 1. The van der Waals surface area contributed by atoms with E-state index in [0.717, 1.165) is 19.3 Å². The predicted molar refractivity (Wildman–Crippen MR) is 86.0 cm³/mol. The van der Waals surface area contributed by atoms with E-state index < -0.39 is 12.1 Å². The number of carboxylic acid groups (broad SMARTS) is 1. The third kappa shape index (κ3) is 17.8. The van der Waals surface area contributed by atoms with Gasteiger partial charge in [-0.3, -0.25) is 9.69 Å². The van der Waals surface area contributed by atoms with Crippen LogP contribution in [0.2, 0.25) is 0 Å². The predicted octanol–water partition coefficient (Wildman–Crippen LogP) is -1.96. The molecule has 0 saturated heterocycles. The third-order valence-electron chi connectivity index (χ3n) is 3.05. The minimum Gasteiger partial charge on any atom is -0.862 e. The fourth-order valence-electron chi connectivity index (χ4n) is 1.93. The molecule has 0 rings (SSSR count). The maximum atomic E-state index is 11.6. The standard InChI is InChI=1S/C16H30N2O4.Na/c1-3-4-5-6-7-8-15(20)17-10-12-18(13-14(2)19)11-9-16(21)22;/h6-7,14,19H,3-5,8-13H2,1-2H3,(H,17,20)(H,21,22);/q;+1/p-1/b7-6+;. The fourth-order valence-corrected chi connectivity index (χ4v) is 1.93. The van der Waals surface area contributed by atoms with Crippen LogP contribution in [-0.2, 0) is 4.79 Å². The molecule has 0 heterocycles. The molecule has 23 heavy (non-hydrogen) atoms. The number of nitrogens with zero attached hydrogens (tertiary/aromatic N) is 2. The van der Waals surface area contributed by atoms with Crippen LogP contribution in [0.3, 0.4) is 0 Å². The first kappa shape index (κ1) is 24.8. The molecular weight excluding hydrogens is 307 g/mol. The molecule has 0 radical (unpaired) electrons. The number of allylic oxidation sites excluding steroid dienone is 1. The van der Waals surface area contributed by atoms with Crippen molar-refractivity contribution in [3.8, 4) is 0 Å². The van der Waals surface area contributed by atoms with Crippen molar-refractivity contribution in [2.24, 2.45) is 4.99 Å². The van der Waals surface area contributed by atoms with E-state index in [4.69, 9.17) is 5.11 Å². The summed E-state index contributed by atoms with van der Waals surface area (Å²) in [6, 6.07) is 0. The van der Waals surface area contributed by atoms with E-state index in [1.54, 1.807) is 6.92 Å². The van der Waals surface area contributed by atoms with Crippen molar-refractivity contribution in [1.29, 1.82) is 0 Å². The Morgan fingerprint density at radius 2 is 2.04 bits per heavy atom. The van der Waals surface area contributed by atoms with Gasteiger partial charge in [0.05, 0.1) is 19.1 Å². The topological polar surface area (TPSA) is 96.2 Å². The van der Waals surface area contributed by atoms with Crippen molar-refractivity contribution in [1.82, 2.24) is 4.90 Å². The minimum atomic E-state index is -0.874. The molecule has 0 aliphatic carbocycles. The molecule has 0 aromatic rings. The normalized spacial score (nSPS) is 13.3. The van der Waals surface area contributed by atoms with Crippen molar-refractivity contribution in [3.05, 3.63) is 12.2 Å². The Morgan fingerprint density at radius 3 is 2.61 bits per heavy atom. The van der Waals surface area contributed by atoms with Crippen LogP contribution < -0.4 is 34.7 Å². The van der Waals surface area contributed by atoms with Crippen molar-refractivity contribution in [2.75, 3.05) is 26.2 Å². The first-order chi connectivity index (χ1) is 10.5. The van der Waals surface area contributed by atoms with Crippen LogP contribution in [0.5, 0.6) is 0 Å². The Labute approximate surface area is 161 Å². The number of aliphatic hydroxyl groups is 1. The molecular formula is C16H29N2NaO4. The molecule has 0 bridgehead atoms. The Morgan fingerprint density at radius 1 is 1.35 bits per heavy atom. The van der Waals surface area contributed by atoms with Crippen LogP contribution in [0.15, 0.2) is 17.1 Å². The van der Waals surface area contributed by atoms with Gasteiger partial charge in [-0.25, -0.2) is 0 Å². The SMILES string of the molecule is CCCC/C=C/CC([O-])=NCCN(CCC(=O)O)CC(C)O.[Na+]. The summed E-state index contributed by atoms with van der Waals surface area (Å²) < 4.78 is 0. The zero-order chi connectivity index (χ0) is 16.8. The van der Waals surface area contributed by atoms with Crippen LogP contribution in [0, 0.1) is 0 Å². The van der Waals surface area contributed by atoms with Crippen LogP contribution in [0.4, 0.5) is 0 Å². The maximum absolute atomic E-state index is 11.6. The number of aliphatic hydroxyl groups excluding tert-OH is 1. The van der Waals surface area contributed by atoms with Gasteiger partial charge in [0.25, 0.3) is 0 Å². The van der Waals surface area contributed by atoms with E-state index in [2.05, 4.69) is 11.9 Å². The molecule has 6 nitrogen and oxygen atoms in total. The van der Waals surface area contributed by atoms with Gasteiger partial charge in [-0.05, 0) is 25.7 Å². The second kappa shape index (κ2) is 16.5. The Hall–Kier alpha value is -0.400. The van der Waals surface area contributed by atoms with Crippen molar-refractivity contribution >= 4 is 11.9 Å². The molecule has 0 aromatic carbocycles. The summed E-state index contributed by atoms with van der Waals surface area (Å²) >= 11 is 0. The molecule has 7 heteroatoms. The van der Waals surface area contributed by atoms with Gasteiger partial charge in [-0.15, -0.1) is 0 Å². The van der Waals surface area contributed by atoms with Gasteiger partial charge in [-0.2, -0.15) is 0 Å². The van der Waals surface area contributed by atoms with E-state index in [9.17, 15) is 15.0 Å². The van der Waals surface area contributed by atoms with Gasteiger partial charge in [-0.1, -0.05) is 31.9 Å². The molecule has 0 aromatic heterocycles. The number of hydrogen-bond acceptors (Lipinski definition) is 5. The van der Waals surface area contributed by atoms with Gasteiger partial charge in [0.1, 0.15) is 0 Å². The third-order valence-corrected chi connectivity index (χ3v) is 3.05. The smallest absolute Gasteiger partial charge is 0.862 e. The average Bonchev–Trinajstić information content (AvgIpc) is 2.43. The van der Waals surface area contributed by atoms with E-state index in [0.29, 0.717) is 32.6 Å². The molecule has 1 atom stereocenters. The summed E-state index contributed by atoms with van der Waals surface area (Å²) in [5, 5.41) is 29.6. The van der Waals surface area contributed by atoms with E-state index in [1.165, 1.54) is 0 Å². The summed E-state index contributed by atoms with van der Waals surface area (Å²) in [7, 11) is 0. The fraction of sp³-hybridized carbons (Fsp3) is 0.750.